The third-order valence-corrected chi connectivity index (χ3v) is 6.32. The van der Waals surface area contributed by atoms with Gasteiger partial charge >= 0.3 is 5.69 Å². The van der Waals surface area contributed by atoms with Crippen molar-refractivity contribution < 1.29 is 4.79 Å². The lowest BCUT2D eigenvalue weighted by Gasteiger charge is -2.16. The van der Waals surface area contributed by atoms with Crippen LogP contribution in [0.25, 0.3) is 5.69 Å². The molecule has 0 saturated carbocycles. The predicted molar refractivity (Wildman–Crippen MR) is 141 cm³/mol. The summed E-state index contributed by atoms with van der Waals surface area (Å²) in [6.45, 7) is 7.95. The van der Waals surface area contributed by atoms with Gasteiger partial charge in [0.1, 0.15) is 0 Å². The van der Waals surface area contributed by atoms with Crippen LogP contribution in [-0.2, 0) is 6.54 Å². The fourth-order valence-corrected chi connectivity index (χ4v) is 4.01. The molecule has 1 heterocycles. The van der Waals surface area contributed by atoms with E-state index in [1.807, 2.05) is 80.6 Å². The number of aryl methyl sites for hydroxylation is 1. The van der Waals surface area contributed by atoms with Gasteiger partial charge in [-0.15, -0.1) is 0 Å². The normalized spacial score (nSPS) is 11.9. The van der Waals surface area contributed by atoms with Crippen molar-refractivity contribution >= 4 is 5.91 Å². The first-order valence-corrected chi connectivity index (χ1v) is 12.0. The molecule has 1 atom stereocenters. The molecule has 4 rings (SSSR count). The SMILES string of the molecule is Cc1ccccc1Cn1c(=O)c(C(=O)N[C@@H](C)c2ccccc2)nn(-c2ccc(C(C)C)cc2)c1=O. The van der Waals surface area contributed by atoms with Gasteiger partial charge in [-0.1, -0.05) is 80.6 Å². The zero-order valence-corrected chi connectivity index (χ0v) is 20.9. The molecule has 7 heteroatoms. The maximum atomic E-state index is 13.5. The summed E-state index contributed by atoms with van der Waals surface area (Å²) in [5.41, 5.74) is 2.57. The highest BCUT2D eigenvalue weighted by Gasteiger charge is 2.22. The van der Waals surface area contributed by atoms with Crippen LogP contribution in [0.15, 0.2) is 88.5 Å². The third kappa shape index (κ3) is 5.20. The zero-order valence-electron chi connectivity index (χ0n) is 20.9. The molecular weight excluding hydrogens is 452 g/mol. The third-order valence-electron chi connectivity index (χ3n) is 6.32. The van der Waals surface area contributed by atoms with E-state index in [-0.39, 0.29) is 18.3 Å². The van der Waals surface area contributed by atoms with Gasteiger partial charge in [-0.2, -0.15) is 9.78 Å². The fraction of sp³-hybridized carbons (Fsp3) is 0.241. The van der Waals surface area contributed by atoms with Crippen molar-refractivity contribution in [2.24, 2.45) is 0 Å². The largest absolute Gasteiger partial charge is 0.352 e. The van der Waals surface area contributed by atoms with Gasteiger partial charge in [-0.3, -0.25) is 14.2 Å². The van der Waals surface area contributed by atoms with Crippen LogP contribution in [0.4, 0.5) is 0 Å². The Kier molecular flexibility index (Phi) is 7.29. The Morgan fingerprint density at radius 1 is 0.861 bits per heavy atom. The second kappa shape index (κ2) is 10.6. The molecule has 184 valence electrons. The minimum atomic E-state index is -0.726. The van der Waals surface area contributed by atoms with E-state index in [4.69, 9.17) is 0 Å². The van der Waals surface area contributed by atoms with Crippen molar-refractivity contribution in [1.29, 1.82) is 0 Å². The number of aromatic nitrogens is 3. The van der Waals surface area contributed by atoms with E-state index < -0.39 is 17.2 Å². The number of amides is 1. The Morgan fingerprint density at radius 3 is 2.14 bits per heavy atom. The van der Waals surface area contributed by atoms with Gasteiger partial charge in [0, 0.05) is 0 Å². The molecule has 1 N–H and O–H groups in total. The minimum Gasteiger partial charge on any atom is -0.344 e. The van der Waals surface area contributed by atoms with Crippen LogP contribution in [0.2, 0.25) is 0 Å². The molecule has 4 aromatic rings. The summed E-state index contributed by atoms with van der Waals surface area (Å²) in [5, 5.41) is 7.09. The van der Waals surface area contributed by atoms with E-state index in [1.165, 1.54) is 0 Å². The second-order valence-corrected chi connectivity index (χ2v) is 9.21. The molecule has 0 fully saturated rings. The molecule has 36 heavy (non-hydrogen) atoms. The highest BCUT2D eigenvalue weighted by atomic mass is 16.2. The number of nitrogens with one attached hydrogen (secondary N) is 1. The van der Waals surface area contributed by atoms with Crippen LogP contribution in [0.1, 0.15) is 65.5 Å². The Balaban J connectivity index is 1.82. The van der Waals surface area contributed by atoms with Crippen LogP contribution in [0.3, 0.4) is 0 Å². The van der Waals surface area contributed by atoms with Gasteiger partial charge in [0.15, 0.2) is 0 Å². The molecule has 0 aliphatic rings. The molecule has 0 aliphatic carbocycles. The minimum absolute atomic E-state index is 0.0332. The summed E-state index contributed by atoms with van der Waals surface area (Å²) >= 11 is 0. The molecule has 7 nitrogen and oxygen atoms in total. The topological polar surface area (TPSA) is 86.0 Å². The van der Waals surface area contributed by atoms with Crippen LogP contribution in [0.5, 0.6) is 0 Å². The summed E-state index contributed by atoms with van der Waals surface area (Å²) in [5.74, 6) is -0.318. The van der Waals surface area contributed by atoms with Gasteiger partial charge in [0.05, 0.1) is 18.3 Å². The first-order chi connectivity index (χ1) is 17.3. The van der Waals surface area contributed by atoms with Crippen molar-refractivity contribution in [3.8, 4) is 5.69 Å². The second-order valence-electron chi connectivity index (χ2n) is 9.21. The first-order valence-electron chi connectivity index (χ1n) is 12.0. The van der Waals surface area contributed by atoms with E-state index in [9.17, 15) is 14.4 Å². The molecule has 0 saturated heterocycles. The maximum Gasteiger partial charge on any atom is 0.352 e. The van der Waals surface area contributed by atoms with Crippen molar-refractivity contribution in [3.63, 3.8) is 0 Å². The summed E-state index contributed by atoms with van der Waals surface area (Å²) in [7, 11) is 0. The lowest BCUT2D eigenvalue weighted by Crippen LogP contribution is -2.46. The first kappa shape index (κ1) is 24.9. The summed E-state index contributed by atoms with van der Waals surface area (Å²) < 4.78 is 2.21. The Morgan fingerprint density at radius 2 is 1.50 bits per heavy atom. The summed E-state index contributed by atoms with van der Waals surface area (Å²) in [4.78, 5) is 40.1. The number of rotatable bonds is 7. The number of hydrogen-bond acceptors (Lipinski definition) is 4. The number of carbonyl (C=O) groups is 1. The standard InChI is InChI=1S/C29H30N4O3/c1-19(2)22-14-16-25(17-15-22)33-29(36)32(18-24-13-9-8-10-20(24)3)28(35)26(31-33)27(34)30-21(4)23-11-6-5-7-12-23/h5-17,19,21H,18H2,1-4H3,(H,30,34)/t21-/m0/s1. The smallest absolute Gasteiger partial charge is 0.344 e. The maximum absolute atomic E-state index is 13.5. The molecule has 0 bridgehead atoms. The van der Waals surface area contributed by atoms with Gasteiger partial charge < -0.3 is 5.32 Å². The van der Waals surface area contributed by atoms with E-state index in [0.717, 1.165) is 31.5 Å². The molecule has 0 radical (unpaired) electrons. The van der Waals surface area contributed by atoms with Crippen LogP contribution in [0, 0.1) is 6.92 Å². The van der Waals surface area contributed by atoms with Gasteiger partial charge in [-0.25, -0.2) is 4.79 Å². The van der Waals surface area contributed by atoms with E-state index in [1.54, 1.807) is 12.1 Å². The quantitative estimate of drug-likeness (QED) is 0.424. The molecule has 3 aromatic carbocycles. The van der Waals surface area contributed by atoms with Crippen LogP contribution < -0.4 is 16.6 Å². The van der Waals surface area contributed by atoms with E-state index in [2.05, 4.69) is 24.3 Å². The number of nitrogens with zero attached hydrogens (tertiary/aromatic N) is 3. The molecule has 0 spiro atoms. The monoisotopic (exact) mass is 482 g/mol. The molecule has 1 amide bonds. The van der Waals surface area contributed by atoms with Crippen molar-refractivity contribution in [2.45, 2.75) is 46.2 Å². The van der Waals surface area contributed by atoms with E-state index >= 15 is 0 Å². The zero-order chi connectivity index (χ0) is 25.8. The lowest BCUT2D eigenvalue weighted by molar-refractivity contribution is 0.0930. The predicted octanol–water partition coefficient (Wildman–Crippen LogP) is 4.37. The Bertz CT molecular complexity index is 1490. The van der Waals surface area contributed by atoms with Crippen molar-refractivity contribution in [3.05, 3.63) is 128 Å². The van der Waals surface area contributed by atoms with Crippen molar-refractivity contribution in [2.75, 3.05) is 0 Å². The van der Waals surface area contributed by atoms with Gasteiger partial charge in [-0.05, 0) is 54.2 Å². The lowest BCUT2D eigenvalue weighted by atomic mass is 10.0. The summed E-state index contributed by atoms with van der Waals surface area (Å²) in [6, 6.07) is 24.0. The average Bonchev–Trinajstić information content (AvgIpc) is 2.88. The number of carbonyl (C=O) groups excluding carboxylic acids is 1. The van der Waals surface area contributed by atoms with Crippen LogP contribution >= 0.6 is 0 Å². The summed E-state index contributed by atoms with van der Waals surface area (Å²) in [6.07, 6.45) is 0. The number of benzene rings is 3. The molecule has 0 unspecified atom stereocenters. The molecule has 1 aromatic heterocycles. The van der Waals surface area contributed by atoms with Gasteiger partial charge in [0.25, 0.3) is 11.5 Å². The van der Waals surface area contributed by atoms with Crippen molar-refractivity contribution in [1.82, 2.24) is 19.7 Å². The molecular formula is C29H30N4O3. The Labute approximate surface area is 210 Å². The van der Waals surface area contributed by atoms with Gasteiger partial charge in [0.2, 0.25) is 5.69 Å². The highest BCUT2D eigenvalue weighted by molar-refractivity contribution is 5.92. The molecule has 0 aliphatic heterocycles. The average molecular weight is 483 g/mol. The number of hydrogen-bond donors (Lipinski definition) is 1. The van der Waals surface area contributed by atoms with E-state index in [0.29, 0.717) is 11.6 Å². The highest BCUT2D eigenvalue weighted by Crippen LogP contribution is 2.16. The Hall–Kier alpha value is -4.26. The van der Waals surface area contributed by atoms with Crippen LogP contribution in [-0.4, -0.2) is 20.3 Å². The fourth-order valence-electron chi connectivity index (χ4n) is 4.01.